The van der Waals surface area contributed by atoms with Crippen LogP contribution in [0.1, 0.15) is 25.0 Å². The Balaban J connectivity index is 2.48. The van der Waals surface area contributed by atoms with Gasteiger partial charge in [0.2, 0.25) is 0 Å². The average molecular weight is 228 g/mol. The summed E-state index contributed by atoms with van der Waals surface area (Å²) in [5.41, 5.74) is 1.94. The molecule has 2 rings (SSSR count). The van der Waals surface area contributed by atoms with Crippen LogP contribution in [0.4, 0.5) is 0 Å². The molecule has 0 saturated carbocycles. The summed E-state index contributed by atoms with van der Waals surface area (Å²) in [6.07, 6.45) is 0. The van der Waals surface area contributed by atoms with E-state index in [1.807, 2.05) is 24.3 Å². The highest BCUT2D eigenvalue weighted by molar-refractivity contribution is 5.46. The van der Waals surface area contributed by atoms with Gasteiger partial charge in [-0.1, -0.05) is 50.2 Å². The van der Waals surface area contributed by atoms with Crippen LogP contribution in [0.5, 0.6) is 11.5 Å². The van der Waals surface area contributed by atoms with Gasteiger partial charge < -0.3 is 10.2 Å². The van der Waals surface area contributed by atoms with Gasteiger partial charge in [0.1, 0.15) is 0 Å². The maximum absolute atomic E-state index is 9.56. The zero-order chi connectivity index (χ0) is 12.5. The Hall–Kier alpha value is -1.96. The highest BCUT2D eigenvalue weighted by atomic mass is 16.3. The van der Waals surface area contributed by atoms with E-state index in [1.165, 1.54) is 11.6 Å². The maximum atomic E-state index is 9.56. The van der Waals surface area contributed by atoms with Crippen molar-refractivity contribution in [2.45, 2.75) is 19.3 Å². The van der Waals surface area contributed by atoms with Crippen LogP contribution in [0.2, 0.25) is 0 Å². The zero-order valence-corrected chi connectivity index (χ0v) is 10.0. The third-order valence-electron chi connectivity index (χ3n) is 3.19. The van der Waals surface area contributed by atoms with Crippen molar-refractivity contribution in [3.8, 4) is 11.5 Å². The minimum Gasteiger partial charge on any atom is -0.504 e. The van der Waals surface area contributed by atoms with Gasteiger partial charge in [0.05, 0.1) is 0 Å². The largest absolute Gasteiger partial charge is 0.504 e. The summed E-state index contributed by atoms with van der Waals surface area (Å²) in [5, 5.41) is 18.9. The SMILES string of the molecule is CC(C)(c1ccccc1)c1ccc(O)c(O)c1. The van der Waals surface area contributed by atoms with E-state index >= 15 is 0 Å². The van der Waals surface area contributed by atoms with E-state index in [1.54, 1.807) is 6.07 Å². The number of phenolic OH excluding ortho intramolecular Hbond substituents is 2. The summed E-state index contributed by atoms with van der Waals surface area (Å²) in [6.45, 7) is 4.18. The standard InChI is InChI=1S/C15H16O2/c1-15(2,11-6-4-3-5-7-11)12-8-9-13(16)14(17)10-12/h3-10,16-17H,1-2H3. The van der Waals surface area contributed by atoms with E-state index in [4.69, 9.17) is 0 Å². The van der Waals surface area contributed by atoms with Crippen LogP contribution in [0.3, 0.4) is 0 Å². The van der Waals surface area contributed by atoms with E-state index in [0.717, 1.165) is 5.56 Å². The monoisotopic (exact) mass is 228 g/mol. The van der Waals surface area contributed by atoms with Crippen molar-refractivity contribution in [2.75, 3.05) is 0 Å². The Kier molecular flexibility index (Phi) is 2.80. The molecule has 0 heterocycles. The van der Waals surface area contributed by atoms with Crippen LogP contribution in [0.25, 0.3) is 0 Å². The Morgan fingerprint density at radius 2 is 1.41 bits per heavy atom. The maximum Gasteiger partial charge on any atom is 0.157 e. The van der Waals surface area contributed by atoms with Gasteiger partial charge in [-0.3, -0.25) is 0 Å². The fourth-order valence-electron chi connectivity index (χ4n) is 1.93. The molecule has 0 aliphatic rings. The Morgan fingerprint density at radius 3 is 2.00 bits per heavy atom. The molecule has 0 amide bonds. The molecule has 0 aromatic heterocycles. The van der Waals surface area contributed by atoms with E-state index in [0.29, 0.717) is 0 Å². The molecule has 0 aliphatic carbocycles. The molecule has 0 spiro atoms. The second-order valence-electron chi connectivity index (χ2n) is 4.69. The molecule has 0 radical (unpaired) electrons. The third-order valence-corrected chi connectivity index (χ3v) is 3.19. The summed E-state index contributed by atoms with van der Waals surface area (Å²) in [7, 11) is 0. The molecule has 88 valence electrons. The lowest BCUT2D eigenvalue weighted by Crippen LogP contribution is -2.18. The van der Waals surface area contributed by atoms with Crippen molar-refractivity contribution in [3.63, 3.8) is 0 Å². The number of aromatic hydroxyl groups is 2. The molecule has 17 heavy (non-hydrogen) atoms. The predicted molar refractivity (Wildman–Crippen MR) is 68.3 cm³/mol. The minimum absolute atomic E-state index is 0.0773. The zero-order valence-electron chi connectivity index (χ0n) is 10.0. The normalized spacial score (nSPS) is 11.4. The van der Waals surface area contributed by atoms with E-state index in [-0.39, 0.29) is 16.9 Å². The molecule has 2 nitrogen and oxygen atoms in total. The predicted octanol–water partition coefficient (Wildman–Crippen LogP) is 3.42. The quantitative estimate of drug-likeness (QED) is 0.773. The van der Waals surface area contributed by atoms with Crippen molar-refractivity contribution in [3.05, 3.63) is 59.7 Å². The van der Waals surface area contributed by atoms with Crippen LogP contribution in [0.15, 0.2) is 48.5 Å². The molecule has 0 atom stereocenters. The summed E-state index contributed by atoms with van der Waals surface area (Å²) >= 11 is 0. The molecule has 0 aliphatic heterocycles. The first kappa shape index (κ1) is 11.5. The molecule has 2 heteroatoms. The molecule has 0 saturated heterocycles. The van der Waals surface area contributed by atoms with Gasteiger partial charge in [-0.25, -0.2) is 0 Å². The van der Waals surface area contributed by atoms with E-state index in [9.17, 15) is 10.2 Å². The van der Waals surface area contributed by atoms with Crippen LogP contribution in [-0.2, 0) is 5.41 Å². The van der Waals surface area contributed by atoms with Crippen molar-refractivity contribution < 1.29 is 10.2 Å². The fourth-order valence-corrected chi connectivity index (χ4v) is 1.93. The third kappa shape index (κ3) is 2.11. The average Bonchev–Trinajstić information content (AvgIpc) is 2.33. The Morgan fingerprint density at radius 1 is 0.765 bits per heavy atom. The lowest BCUT2D eigenvalue weighted by Gasteiger charge is -2.26. The molecule has 2 aromatic rings. The van der Waals surface area contributed by atoms with E-state index < -0.39 is 0 Å². The van der Waals surface area contributed by atoms with Gasteiger partial charge >= 0.3 is 0 Å². The Labute approximate surface area is 101 Å². The topological polar surface area (TPSA) is 40.5 Å². The lowest BCUT2D eigenvalue weighted by atomic mass is 9.78. The first-order valence-electron chi connectivity index (χ1n) is 5.60. The molecular formula is C15H16O2. The number of benzene rings is 2. The van der Waals surface area contributed by atoms with Gasteiger partial charge in [-0.15, -0.1) is 0 Å². The number of hydrogen-bond acceptors (Lipinski definition) is 2. The van der Waals surface area contributed by atoms with Crippen LogP contribution < -0.4 is 0 Å². The molecule has 0 bridgehead atoms. The molecule has 0 unspecified atom stereocenters. The van der Waals surface area contributed by atoms with Gasteiger partial charge in [0.25, 0.3) is 0 Å². The Bertz CT molecular complexity index is 516. The summed E-state index contributed by atoms with van der Waals surface area (Å²) in [5.74, 6) is -0.163. The van der Waals surface area contributed by atoms with Crippen LogP contribution in [0, 0.1) is 0 Å². The van der Waals surface area contributed by atoms with Crippen LogP contribution >= 0.6 is 0 Å². The van der Waals surface area contributed by atoms with Crippen molar-refractivity contribution in [1.29, 1.82) is 0 Å². The smallest absolute Gasteiger partial charge is 0.157 e. The first-order chi connectivity index (χ1) is 8.01. The molecule has 2 aromatic carbocycles. The van der Waals surface area contributed by atoms with Gasteiger partial charge in [-0.05, 0) is 23.3 Å². The van der Waals surface area contributed by atoms with Crippen molar-refractivity contribution in [1.82, 2.24) is 0 Å². The number of hydrogen-bond donors (Lipinski definition) is 2. The van der Waals surface area contributed by atoms with E-state index in [2.05, 4.69) is 26.0 Å². The molecule has 0 fully saturated rings. The summed E-state index contributed by atoms with van der Waals surface area (Å²) in [4.78, 5) is 0. The van der Waals surface area contributed by atoms with Crippen molar-refractivity contribution >= 4 is 0 Å². The minimum atomic E-state index is -0.202. The summed E-state index contributed by atoms with van der Waals surface area (Å²) < 4.78 is 0. The summed E-state index contributed by atoms with van der Waals surface area (Å²) in [6, 6.07) is 15.1. The number of phenols is 2. The highest BCUT2D eigenvalue weighted by Crippen LogP contribution is 2.35. The van der Waals surface area contributed by atoms with Gasteiger partial charge in [0, 0.05) is 5.41 Å². The lowest BCUT2D eigenvalue weighted by molar-refractivity contribution is 0.402. The molecular weight excluding hydrogens is 212 g/mol. The second kappa shape index (κ2) is 4.13. The highest BCUT2D eigenvalue weighted by Gasteiger charge is 2.23. The van der Waals surface area contributed by atoms with Crippen LogP contribution in [-0.4, -0.2) is 10.2 Å². The van der Waals surface area contributed by atoms with Gasteiger partial charge in [-0.2, -0.15) is 0 Å². The first-order valence-corrected chi connectivity index (χ1v) is 5.60. The van der Waals surface area contributed by atoms with Crippen molar-refractivity contribution in [2.24, 2.45) is 0 Å². The van der Waals surface area contributed by atoms with Gasteiger partial charge in [0.15, 0.2) is 11.5 Å². The molecule has 2 N–H and O–H groups in total. The number of rotatable bonds is 2. The second-order valence-corrected chi connectivity index (χ2v) is 4.69. The fraction of sp³-hybridized carbons (Fsp3) is 0.200.